The van der Waals surface area contributed by atoms with Gasteiger partial charge < -0.3 is 23.7 Å². The van der Waals surface area contributed by atoms with Crippen molar-refractivity contribution in [3.8, 4) is 11.5 Å². The van der Waals surface area contributed by atoms with Gasteiger partial charge in [-0.1, -0.05) is 35.9 Å². The number of fused-ring (bicyclic) bond motifs is 2. The quantitative estimate of drug-likeness (QED) is 0.480. The number of amides is 2. The maximum Gasteiger partial charge on any atom is 0.257 e. The van der Waals surface area contributed by atoms with Crippen LogP contribution in [0.1, 0.15) is 41.2 Å². The summed E-state index contributed by atoms with van der Waals surface area (Å²) in [5, 5.41) is 3.34. The molecule has 1 atom stereocenters. The first-order valence-corrected chi connectivity index (χ1v) is 13.2. The van der Waals surface area contributed by atoms with Gasteiger partial charge in [-0.25, -0.2) is 4.98 Å². The number of hydrogen-bond acceptors (Lipinski definition) is 6. The van der Waals surface area contributed by atoms with Crippen LogP contribution >= 0.6 is 11.6 Å². The number of hydrogen-bond donors (Lipinski definition) is 1. The molecule has 0 radical (unpaired) electrons. The molecule has 2 aromatic carbocycles. The Kier molecular flexibility index (Phi) is 7.85. The van der Waals surface area contributed by atoms with Crippen LogP contribution in [-0.4, -0.2) is 65.8 Å². The van der Waals surface area contributed by atoms with Gasteiger partial charge in [-0.15, -0.1) is 0 Å². The molecule has 1 aromatic heterocycles. The number of nitrogens with zero attached hydrogens (tertiary/aromatic N) is 3. The van der Waals surface area contributed by atoms with Crippen molar-refractivity contribution in [1.29, 1.82) is 0 Å². The van der Waals surface area contributed by atoms with E-state index in [1.807, 2.05) is 29.7 Å². The van der Waals surface area contributed by atoms with E-state index in [9.17, 15) is 9.59 Å². The maximum absolute atomic E-state index is 13.3. The molecular weight excluding hydrogens is 508 g/mol. The molecule has 2 amide bonds. The summed E-state index contributed by atoms with van der Waals surface area (Å²) in [7, 11) is 0. The van der Waals surface area contributed by atoms with Gasteiger partial charge in [0.2, 0.25) is 11.9 Å². The molecule has 0 spiro atoms. The molecule has 5 rings (SSSR count). The minimum Gasteiger partial charge on any atom is -0.487 e. The van der Waals surface area contributed by atoms with Gasteiger partial charge in [-0.2, -0.15) is 0 Å². The van der Waals surface area contributed by atoms with Crippen molar-refractivity contribution in [2.24, 2.45) is 0 Å². The van der Waals surface area contributed by atoms with Crippen molar-refractivity contribution in [3.63, 3.8) is 0 Å². The summed E-state index contributed by atoms with van der Waals surface area (Å²) >= 11 is 7.00. The fraction of sp³-hybridized carbons (Fsp3) is 0.393. The number of aromatic nitrogens is 2. The zero-order valence-electron chi connectivity index (χ0n) is 21.4. The van der Waals surface area contributed by atoms with E-state index >= 15 is 0 Å². The highest BCUT2D eigenvalue weighted by Gasteiger charge is 2.30. The lowest BCUT2D eigenvalue weighted by atomic mass is 10.1. The first-order chi connectivity index (χ1) is 18.5. The molecule has 1 N–H and O–H groups in total. The number of ether oxygens (including phenoxy) is 3. The number of imidazole rings is 1. The van der Waals surface area contributed by atoms with Crippen LogP contribution in [0.25, 0.3) is 11.0 Å². The molecule has 0 bridgehead atoms. The molecule has 0 aliphatic carbocycles. The Morgan fingerprint density at radius 3 is 2.76 bits per heavy atom. The van der Waals surface area contributed by atoms with Crippen molar-refractivity contribution in [1.82, 2.24) is 14.5 Å². The van der Waals surface area contributed by atoms with Crippen molar-refractivity contribution in [2.45, 2.75) is 32.2 Å². The molecule has 1 saturated heterocycles. The van der Waals surface area contributed by atoms with Crippen LogP contribution in [0.2, 0.25) is 5.02 Å². The summed E-state index contributed by atoms with van der Waals surface area (Å²) in [6, 6.07) is 8.96. The van der Waals surface area contributed by atoms with E-state index in [0.29, 0.717) is 78.6 Å². The second kappa shape index (κ2) is 11.4. The van der Waals surface area contributed by atoms with Gasteiger partial charge >= 0.3 is 0 Å². The summed E-state index contributed by atoms with van der Waals surface area (Å²) in [5.74, 6) is 0.822. The Labute approximate surface area is 226 Å². The van der Waals surface area contributed by atoms with Gasteiger partial charge in [0.25, 0.3) is 5.91 Å². The zero-order valence-corrected chi connectivity index (χ0v) is 22.1. The summed E-state index contributed by atoms with van der Waals surface area (Å²) < 4.78 is 19.3. The Hall–Kier alpha value is -3.56. The fourth-order valence-electron chi connectivity index (χ4n) is 4.99. The maximum atomic E-state index is 13.3. The Bertz CT molecular complexity index is 1370. The number of nitrogens with one attached hydrogen (secondary N) is 1. The SMILES string of the molecule is C=CC(=O)N1CCCC[C@@H](n2c(NC(=O)c3cccc(C)c3)nc3cc4c(c(Cl)c32)OCCOCCO4)C1. The highest BCUT2D eigenvalue weighted by atomic mass is 35.5. The van der Waals surface area contributed by atoms with Gasteiger partial charge in [0.15, 0.2) is 11.5 Å². The van der Waals surface area contributed by atoms with E-state index in [1.165, 1.54) is 6.08 Å². The average molecular weight is 539 g/mol. The second-order valence-electron chi connectivity index (χ2n) is 9.46. The molecule has 0 saturated carbocycles. The molecule has 2 aliphatic rings. The Balaban J connectivity index is 1.64. The molecule has 200 valence electrons. The van der Waals surface area contributed by atoms with Crippen LogP contribution in [0, 0.1) is 6.92 Å². The molecule has 3 aromatic rings. The van der Waals surface area contributed by atoms with E-state index in [1.54, 1.807) is 17.0 Å². The van der Waals surface area contributed by atoms with E-state index in [0.717, 1.165) is 24.8 Å². The summed E-state index contributed by atoms with van der Waals surface area (Å²) in [6.07, 6.45) is 3.88. The van der Waals surface area contributed by atoms with Crippen LogP contribution in [0.4, 0.5) is 5.95 Å². The number of carbonyl (C=O) groups is 2. The van der Waals surface area contributed by atoms with E-state index in [4.69, 9.17) is 30.8 Å². The molecule has 10 heteroatoms. The van der Waals surface area contributed by atoms with Gasteiger partial charge in [0.1, 0.15) is 18.2 Å². The van der Waals surface area contributed by atoms with E-state index in [2.05, 4.69) is 11.9 Å². The topological polar surface area (TPSA) is 94.9 Å². The number of benzene rings is 2. The third-order valence-electron chi connectivity index (χ3n) is 6.80. The van der Waals surface area contributed by atoms with Crippen LogP contribution < -0.4 is 14.8 Å². The Morgan fingerprint density at radius 1 is 1.16 bits per heavy atom. The summed E-state index contributed by atoms with van der Waals surface area (Å²) in [6.45, 7) is 8.17. The van der Waals surface area contributed by atoms with Gasteiger partial charge in [-0.05, 0) is 44.4 Å². The third kappa shape index (κ3) is 5.35. The number of rotatable bonds is 4. The number of carbonyl (C=O) groups excluding carboxylic acids is 2. The van der Waals surface area contributed by atoms with Crippen molar-refractivity contribution < 1.29 is 23.8 Å². The average Bonchev–Trinajstić information content (AvgIpc) is 3.16. The van der Waals surface area contributed by atoms with Gasteiger partial charge in [0.05, 0.1) is 30.3 Å². The second-order valence-corrected chi connectivity index (χ2v) is 9.84. The highest BCUT2D eigenvalue weighted by Crippen LogP contribution is 2.44. The van der Waals surface area contributed by atoms with Crippen molar-refractivity contribution in [3.05, 3.63) is 59.1 Å². The highest BCUT2D eigenvalue weighted by molar-refractivity contribution is 6.37. The summed E-state index contributed by atoms with van der Waals surface area (Å²) in [4.78, 5) is 32.5. The van der Waals surface area contributed by atoms with Crippen molar-refractivity contribution in [2.75, 3.05) is 44.8 Å². The predicted molar refractivity (Wildman–Crippen MR) is 145 cm³/mol. The lowest BCUT2D eigenvalue weighted by molar-refractivity contribution is -0.126. The van der Waals surface area contributed by atoms with E-state index < -0.39 is 0 Å². The van der Waals surface area contributed by atoms with E-state index in [-0.39, 0.29) is 17.9 Å². The lowest BCUT2D eigenvalue weighted by Crippen LogP contribution is -2.34. The molecular formula is C28H31ClN4O5. The Morgan fingerprint density at radius 2 is 1.97 bits per heavy atom. The molecule has 2 aliphatic heterocycles. The molecule has 0 unspecified atom stereocenters. The van der Waals surface area contributed by atoms with Gasteiger partial charge in [0, 0.05) is 24.7 Å². The minimum atomic E-state index is -0.284. The fourth-order valence-corrected chi connectivity index (χ4v) is 5.33. The monoisotopic (exact) mass is 538 g/mol. The van der Waals surface area contributed by atoms with Crippen LogP contribution in [-0.2, 0) is 9.53 Å². The molecule has 1 fully saturated rings. The third-order valence-corrected chi connectivity index (χ3v) is 7.15. The first kappa shape index (κ1) is 26.1. The number of halogens is 1. The van der Waals surface area contributed by atoms with Crippen LogP contribution in [0.5, 0.6) is 11.5 Å². The predicted octanol–water partition coefficient (Wildman–Crippen LogP) is 4.78. The molecule has 38 heavy (non-hydrogen) atoms. The number of anilines is 1. The first-order valence-electron chi connectivity index (χ1n) is 12.8. The normalized spacial score (nSPS) is 18.2. The lowest BCUT2D eigenvalue weighted by Gasteiger charge is -2.26. The molecule has 3 heterocycles. The smallest absolute Gasteiger partial charge is 0.257 e. The largest absolute Gasteiger partial charge is 0.487 e. The standard InChI is InChI=1S/C28H31ClN4O5/c1-3-23(34)32-10-5-4-9-20(17-32)33-25-21(16-22-26(24(25)29)38-14-12-36-11-13-37-22)30-28(33)31-27(35)19-8-6-7-18(2)15-19/h3,6-8,15-16,20H,1,4-5,9-14,17H2,2H3,(H,30,31,35)/t20-/m1/s1. The zero-order chi connectivity index (χ0) is 26.6. The number of aryl methyl sites for hydroxylation is 1. The minimum absolute atomic E-state index is 0.129. The summed E-state index contributed by atoms with van der Waals surface area (Å²) in [5.41, 5.74) is 2.68. The van der Waals surface area contributed by atoms with Crippen LogP contribution in [0.15, 0.2) is 43.0 Å². The number of likely N-dealkylation sites (tertiary alicyclic amines) is 1. The van der Waals surface area contributed by atoms with Gasteiger partial charge in [-0.3, -0.25) is 14.9 Å². The molecule has 9 nitrogen and oxygen atoms in total. The van der Waals surface area contributed by atoms with Crippen molar-refractivity contribution >= 4 is 40.4 Å². The van der Waals surface area contributed by atoms with Crippen LogP contribution in [0.3, 0.4) is 0 Å².